The van der Waals surface area contributed by atoms with E-state index in [9.17, 15) is 5.11 Å². The molecule has 0 aliphatic heterocycles. The second-order valence-electron chi connectivity index (χ2n) is 11.8. The summed E-state index contributed by atoms with van der Waals surface area (Å²) in [6.07, 6.45) is -0.367. The summed E-state index contributed by atoms with van der Waals surface area (Å²) < 4.78 is 12.9. The first-order valence-electron chi connectivity index (χ1n) is 10.2. The standard InChI is InChI=1S/C21H46O3Si3/c1-20(2,3)26(10,11)23-16-14-19(18(22)15-17-25(7,8)9)24-27(12,13)21(4,5)6/h18-19,22H,14,16H2,1-13H3/t18-,19+/m1/s1. The van der Waals surface area contributed by atoms with Gasteiger partial charge in [-0.1, -0.05) is 67.1 Å². The molecule has 0 aromatic heterocycles. The van der Waals surface area contributed by atoms with Crippen LogP contribution in [0.2, 0.25) is 55.9 Å². The van der Waals surface area contributed by atoms with Gasteiger partial charge in [0, 0.05) is 6.61 Å². The summed E-state index contributed by atoms with van der Waals surface area (Å²) in [6.45, 7) is 29.6. The summed E-state index contributed by atoms with van der Waals surface area (Å²) in [5, 5.41) is 11.1. The molecular weight excluding hydrogens is 384 g/mol. The molecule has 0 aliphatic rings. The molecule has 1 N–H and O–H groups in total. The Hall–Kier alpha value is 0.0906. The van der Waals surface area contributed by atoms with Crippen molar-refractivity contribution in [2.24, 2.45) is 0 Å². The third-order valence-corrected chi connectivity index (χ3v) is 15.8. The van der Waals surface area contributed by atoms with Crippen LogP contribution in [-0.4, -0.2) is 48.6 Å². The van der Waals surface area contributed by atoms with Gasteiger partial charge in [0.05, 0.1) is 6.10 Å². The average Bonchev–Trinajstić information content (AvgIpc) is 2.40. The molecule has 0 aromatic rings. The van der Waals surface area contributed by atoms with Gasteiger partial charge in [-0.25, -0.2) is 0 Å². The van der Waals surface area contributed by atoms with Crippen LogP contribution in [0.25, 0.3) is 0 Å². The highest BCUT2D eigenvalue weighted by molar-refractivity contribution is 6.83. The normalized spacial score (nSPS) is 16.5. The Morgan fingerprint density at radius 2 is 1.26 bits per heavy atom. The van der Waals surface area contributed by atoms with Crippen LogP contribution in [-0.2, 0) is 8.85 Å². The molecule has 0 spiro atoms. The van der Waals surface area contributed by atoms with E-state index < -0.39 is 30.8 Å². The highest BCUT2D eigenvalue weighted by Gasteiger charge is 2.41. The van der Waals surface area contributed by atoms with Crippen LogP contribution in [0.3, 0.4) is 0 Å². The SMILES string of the molecule is CC(C)(C)[Si](C)(C)OCC[C@H](O[Si](C)(C)C(C)(C)C)[C@H](O)C#C[Si](C)(C)C. The highest BCUT2D eigenvalue weighted by Crippen LogP contribution is 2.39. The van der Waals surface area contributed by atoms with Crippen molar-refractivity contribution in [1.82, 2.24) is 0 Å². The molecule has 0 heterocycles. The molecule has 27 heavy (non-hydrogen) atoms. The average molecular weight is 431 g/mol. The van der Waals surface area contributed by atoms with Crippen LogP contribution in [0, 0.1) is 11.5 Å². The minimum Gasteiger partial charge on any atom is -0.417 e. The maximum atomic E-state index is 10.8. The van der Waals surface area contributed by atoms with E-state index in [2.05, 4.69) is 98.8 Å². The van der Waals surface area contributed by atoms with Crippen LogP contribution in [0.4, 0.5) is 0 Å². The van der Waals surface area contributed by atoms with Crippen LogP contribution in [0.5, 0.6) is 0 Å². The summed E-state index contributed by atoms with van der Waals surface area (Å²) in [6, 6.07) is 0. The van der Waals surface area contributed by atoms with Gasteiger partial charge in [0.1, 0.15) is 14.2 Å². The van der Waals surface area contributed by atoms with E-state index in [0.29, 0.717) is 13.0 Å². The van der Waals surface area contributed by atoms with E-state index >= 15 is 0 Å². The first-order valence-corrected chi connectivity index (χ1v) is 19.5. The zero-order valence-corrected chi connectivity index (χ0v) is 23.3. The lowest BCUT2D eigenvalue weighted by Gasteiger charge is -2.40. The van der Waals surface area contributed by atoms with Gasteiger partial charge in [-0.05, 0) is 42.7 Å². The third-order valence-electron chi connectivity index (χ3n) is 5.87. The van der Waals surface area contributed by atoms with E-state index in [-0.39, 0.29) is 16.2 Å². The lowest BCUT2D eigenvalue weighted by molar-refractivity contribution is 0.0457. The minimum atomic E-state index is -2.00. The Morgan fingerprint density at radius 3 is 1.63 bits per heavy atom. The number of hydrogen-bond acceptors (Lipinski definition) is 3. The largest absolute Gasteiger partial charge is 0.417 e. The van der Waals surface area contributed by atoms with Crippen molar-refractivity contribution in [1.29, 1.82) is 0 Å². The topological polar surface area (TPSA) is 38.7 Å². The Kier molecular flexibility index (Phi) is 9.30. The number of hydrogen-bond donors (Lipinski definition) is 1. The molecule has 0 fully saturated rings. The Labute approximate surface area is 172 Å². The second-order valence-corrected chi connectivity index (χ2v) is 26.1. The number of aliphatic hydroxyl groups excluding tert-OH is 1. The molecule has 0 aliphatic carbocycles. The predicted octanol–water partition coefficient (Wildman–Crippen LogP) is 6.03. The monoisotopic (exact) mass is 430 g/mol. The lowest BCUT2D eigenvalue weighted by Crippen LogP contribution is -2.48. The van der Waals surface area contributed by atoms with Crippen LogP contribution < -0.4 is 0 Å². The smallest absolute Gasteiger partial charge is 0.192 e. The van der Waals surface area contributed by atoms with Gasteiger partial charge < -0.3 is 14.0 Å². The molecule has 3 nitrogen and oxygen atoms in total. The zero-order chi connectivity index (χ0) is 21.9. The predicted molar refractivity (Wildman–Crippen MR) is 127 cm³/mol. The van der Waals surface area contributed by atoms with E-state index in [4.69, 9.17) is 8.85 Å². The Balaban J connectivity index is 5.34. The first-order chi connectivity index (χ1) is 11.7. The molecule has 0 rings (SSSR count). The van der Waals surface area contributed by atoms with Crippen molar-refractivity contribution in [2.75, 3.05) is 6.61 Å². The van der Waals surface area contributed by atoms with Crippen LogP contribution in [0.15, 0.2) is 0 Å². The van der Waals surface area contributed by atoms with Crippen molar-refractivity contribution in [3.63, 3.8) is 0 Å². The van der Waals surface area contributed by atoms with E-state index in [0.717, 1.165) is 0 Å². The Morgan fingerprint density at radius 1 is 0.815 bits per heavy atom. The molecule has 160 valence electrons. The van der Waals surface area contributed by atoms with Crippen LogP contribution >= 0.6 is 0 Å². The summed E-state index contributed by atoms with van der Waals surface area (Å²) in [4.78, 5) is 0. The molecule has 0 bridgehead atoms. The zero-order valence-electron chi connectivity index (χ0n) is 20.3. The summed E-state index contributed by atoms with van der Waals surface area (Å²) in [5.74, 6) is 3.09. The maximum Gasteiger partial charge on any atom is 0.192 e. The van der Waals surface area contributed by atoms with Gasteiger partial charge in [0.25, 0.3) is 0 Å². The summed E-state index contributed by atoms with van der Waals surface area (Å²) in [5.41, 5.74) is 3.30. The fraction of sp³-hybridized carbons (Fsp3) is 0.905. The van der Waals surface area contributed by atoms with E-state index in [1.54, 1.807) is 0 Å². The van der Waals surface area contributed by atoms with E-state index in [1.807, 2.05) is 0 Å². The second kappa shape index (κ2) is 9.27. The fourth-order valence-electron chi connectivity index (χ4n) is 1.87. The van der Waals surface area contributed by atoms with Gasteiger partial charge in [0.15, 0.2) is 16.6 Å². The van der Waals surface area contributed by atoms with Gasteiger partial charge >= 0.3 is 0 Å². The van der Waals surface area contributed by atoms with Gasteiger partial charge in [-0.15, -0.1) is 5.54 Å². The highest BCUT2D eigenvalue weighted by atomic mass is 28.4. The van der Waals surface area contributed by atoms with Gasteiger partial charge in [-0.2, -0.15) is 0 Å². The quantitative estimate of drug-likeness (QED) is 0.396. The van der Waals surface area contributed by atoms with Crippen molar-refractivity contribution in [3.05, 3.63) is 0 Å². The molecule has 0 aromatic carbocycles. The molecular formula is C21H46O3Si3. The van der Waals surface area contributed by atoms with Crippen LogP contribution in [0.1, 0.15) is 48.0 Å². The summed E-state index contributed by atoms with van der Waals surface area (Å²) >= 11 is 0. The lowest BCUT2D eigenvalue weighted by atomic mass is 10.1. The first kappa shape index (κ1) is 27.1. The minimum absolute atomic E-state index is 0.0947. The van der Waals surface area contributed by atoms with Crippen molar-refractivity contribution >= 4 is 24.7 Å². The van der Waals surface area contributed by atoms with E-state index in [1.165, 1.54) is 0 Å². The van der Waals surface area contributed by atoms with Crippen molar-refractivity contribution < 1.29 is 14.0 Å². The number of aliphatic hydroxyl groups is 1. The molecule has 0 amide bonds. The maximum absolute atomic E-state index is 10.8. The van der Waals surface area contributed by atoms with Crippen molar-refractivity contribution in [3.8, 4) is 11.5 Å². The van der Waals surface area contributed by atoms with Gasteiger partial charge in [0.2, 0.25) is 0 Å². The van der Waals surface area contributed by atoms with Crippen molar-refractivity contribution in [2.45, 2.75) is 116 Å². The molecule has 0 radical (unpaired) electrons. The molecule has 0 saturated heterocycles. The molecule has 6 heteroatoms. The number of rotatable bonds is 7. The molecule has 0 unspecified atom stereocenters. The summed E-state index contributed by atoms with van der Waals surface area (Å²) in [7, 11) is -5.34. The fourth-order valence-corrected chi connectivity index (χ4v) is 4.87. The molecule has 0 saturated carbocycles. The Bertz CT molecular complexity index is 526. The third kappa shape index (κ3) is 9.42. The van der Waals surface area contributed by atoms with Gasteiger partial charge in [-0.3, -0.25) is 0 Å². The molecule has 2 atom stereocenters.